The number of rotatable bonds is 5. The molecule has 4 heterocycles. The van der Waals surface area contributed by atoms with E-state index in [2.05, 4.69) is 26.1 Å². The van der Waals surface area contributed by atoms with E-state index in [4.69, 9.17) is 9.90 Å². The summed E-state index contributed by atoms with van der Waals surface area (Å²) in [6.45, 7) is 1.87. The molecule has 10 nitrogen and oxygen atoms in total. The summed E-state index contributed by atoms with van der Waals surface area (Å²) in [5.41, 5.74) is 0.519. The fourth-order valence-corrected chi connectivity index (χ4v) is 3.54. The lowest BCUT2D eigenvalue weighted by atomic mass is 10.1. The number of aliphatic carboxylic acids is 1. The second-order valence-electron chi connectivity index (χ2n) is 7.97. The highest BCUT2D eigenvalue weighted by Crippen LogP contribution is 2.26. The quantitative estimate of drug-likeness (QED) is 0.382. The number of hydrogen-bond acceptors (Lipinski definition) is 6. The highest BCUT2D eigenvalue weighted by atomic mass is 19.4. The smallest absolute Gasteiger partial charge is 0.475 e. The Bertz CT molecular complexity index is 1200. The van der Waals surface area contributed by atoms with E-state index in [0.717, 1.165) is 37.9 Å². The van der Waals surface area contributed by atoms with Crippen LogP contribution >= 0.6 is 0 Å². The van der Waals surface area contributed by atoms with Crippen molar-refractivity contribution >= 4 is 28.9 Å². The number of hydrogen-bond donors (Lipinski definition) is 4. The molecule has 0 aromatic carbocycles. The number of alkyl halides is 5. The molecule has 0 unspecified atom stereocenters. The molecule has 0 spiro atoms. The van der Waals surface area contributed by atoms with Crippen LogP contribution in [0.2, 0.25) is 0 Å². The third-order valence-electron chi connectivity index (χ3n) is 5.19. The molecule has 1 aliphatic rings. The Morgan fingerprint density at radius 3 is 2.53 bits per heavy atom. The molecule has 0 aliphatic carbocycles. The third kappa shape index (κ3) is 6.90. The highest BCUT2D eigenvalue weighted by Gasteiger charge is 2.38. The van der Waals surface area contributed by atoms with Crippen molar-refractivity contribution in [1.29, 1.82) is 0 Å². The van der Waals surface area contributed by atoms with Gasteiger partial charge in [0.25, 0.3) is 12.3 Å². The molecule has 4 N–H and O–H groups in total. The molecule has 0 radical (unpaired) electrons. The zero-order valence-corrected chi connectivity index (χ0v) is 19.0. The first-order chi connectivity index (χ1) is 17.0. The van der Waals surface area contributed by atoms with E-state index in [1.165, 1.54) is 22.4 Å². The molecule has 3 aromatic heterocycles. The summed E-state index contributed by atoms with van der Waals surface area (Å²) in [5, 5.41) is 24.7. The van der Waals surface area contributed by atoms with E-state index in [1.54, 1.807) is 12.1 Å². The zero-order chi connectivity index (χ0) is 26.5. The molecule has 1 aliphatic heterocycles. The first kappa shape index (κ1) is 26.8. The van der Waals surface area contributed by atoms with Crippen molar-refractivity contribution in [2.75, 3.05) is 23.7 Å². The minimum absolute atomic E-state index is 0.0127. The molecule has 1 saturated heterocycles. The van der Waals surface area contributed by atoms with Gasteiger partial charge >= 0.3 is 12.1 Å². The predicted octanol–water partition coefficient (Wildman–Crippen LogP) is 3.45. The number of carboxylic acids is 1. The minimum Gasteiger partial charge on any atom is -0.475 e. The van der Waals surface area contributed by atoms with Crippen molar-refractivity contribution in [2.45, 2.75) is 37.9 Å². The summed E-state index contributed by atoms with van der Waals surface area (Å²) in [5.74, 6) is -2.63. The van der Waals surface area contributed by atoms with Gasteiger partial charge in [0.1, 0.15) is 11.5 Å². The van der Waals surface area contributed by atoms with Gasteiger partial charge in [0.2, 0.25) is 0 Å². The SMILES string of the molecule is Cn1cc(NC(=O)c2ccc3ccc(N[C@H]4CCCCNC4)nn23)c(C(F)F)n1.O=C(O)C(F)(F)F. The zero-order valence-electron chi connectivity index (χ0n) is 19.0. The molecule has 0 saturated carbocycles. The fourth-order valence-electron chi connectivity index (χ4n) is 3.54. The number of fused-ring (bicyclic) bond motifs is 1. The average molecular weight is 517 g/mol. The van der Waals surface area contributed by atoms with Crippen LogP contribution in [-0.2, 0) is 11.8 Å². The molecule has 196 valence electrons. The number of amides is 1. The summed E-state index contributed by atoms with van der Waals surface area (Å²) in [4.78, 5) is 21.6. The lowest BCUT2D eigenvalue weighted by molar-refractivity contribution is -0.192. The summed E-state index contributed by atoms with van der Waals surface area (Å²) >= 11 is 0. The van der Waals surface area contributed by atoms with Crippen LogP contribution in [0.15, 0.2) is 30.5 Å². The Kier molecular flexibility index (Phi) is 8.45. The Morgan fingerprint density at radius 2 is 1.86 bits per heavy atom. The van der Waals surface area contributed by atoms with Crippen molar-refractivity contribution in [3.63, 3.8) is 0 Å². The van der Waals surface area contributed by atoms with Crippen molar-refractivity contribution in [2.24, 2.45) is 7.05 Å². The van der Waals surface area contributed by atoms with Crippen LogP contribution in [0.25, 0.3) is 5.52 Å². The van der Waals surface area contributed by atoms with Crippen molar-refractivity contribution in [3.05, 3.63) is 41.9 Å². The molecular formula is C21H24F5N7O3. The van der Waals surface area contributed by atoms with Crippen LogP contribution in [0.4, 0.5) is 33.5 Å². The normalized spacial score (nSPS) is 16.2. The molecule has 1 fully saturated rings. The molecule has 0 bridgehead atoms. The van der Waals surface area contributed by atoms with E-state index in [9.17, 15) is 26.7 Å². The summed E-state index contributed by atoms with van der Waals surface area (Å²) in [7, 11) is 1.52. The standard InChI is InChI=1S/C19H23F2N7O.C2HF3O2/c1-27-11-14(17(26-27)18(20)21)24-19(29)15-7-5-13-6-8-16(25-28(13)15)23-12-4-2-3-9-22-10-12;3-2(4,5)1(6)7/h5-8,11-12,18,22H,2-4,9-10H2,1H3,(H,23,25)(H,24,29);(H,6,7)/t12-;/m0./s1. The van der Waals surface area contributed by atoms with Gasteiger partial charge in [0.05, 0.1) is 11.2 Å². The number of carbonyl (C=O) groups excluding carboxylic acids is 1. The van der Waals surface area contributed by atoms with Gasteiger partial charge in [-0.05, 0) is 43.7 Å². The lowest BCUT2D eigenvalue weighted by Crippen LogP contribution is -2.31. The molecule has 1 atom stereocenters. The predicted molar refractivity (Wildman–Crippen MR) is 119 cm³/mol. The Labute approximate surface area is 201 Å². The first-order valence-corrected chi connectivity index (χ1v) is 10.8. The second kappa shape index (κ2) is 11.3. The number of aryl methyl sites for hydroxylation is 1. The summed E-state index contributed by atoms with van der Waals surface area (Å²) < 4.78 is 60.8. The van der Waals surface area contributed by atoms with Crippen molar-refractivity contribution < 1.29 is 36.6 Å². The lowest BCUT2D eigenvalue weighted by Gasteiger charge is -2.17. The van der Waals surface area contributed by atoms with Crippen LogP contribution < -0.4 is 16.0 Å². The average Bonchev–Trinajstić information content (AvgIpc) is 3.28. The molecule has 3 aromatic rings. The molecule has 36 heavy (non-hydrogen) atoms. The Hall–Kier alpha value is -3.75. The van der Waals surface area contributed by atoms with Crippen LogP contribution in [-0.4, -0.2) is 61.7 Å². The number of aromatic nitrogens is 4. The second-order valence-corrected chi connectivity index (χ2v) is 7.97. The first-order valence-electron chi connectivity index (χ1n) is 10.8. The maximum absolute atomic E-state index is 13.1. The Balaban J connectivity index is 0.000000454. The highest BCUT2D eigenvalue weighted by molar-refractivity contribution is 6.04. The van der Waals surface area contributed by atoms with Gasteiger partial charge in [0.15, 0.2) is 5.69 Å². The number of carboxylic acid groups (broad SMARTS) is 1. The van der Waals surface area contributed by atoms with Gasteiger partial charge in [0, 0.05) is 25.8 Å². The molecule has 15 heteroatoms. The van der Waals surface area contributed by atoms with Crippen LogP contribution in [0.5, 0.6) is 0 Å². The number of halogens is 5. The van der Waals surface area contributed by atoms with Crippen molar-refractivity contribution in [3.8, 4) is 0 Å². The maximum Gasteiger partial charge on any atom is 0.490 e. The number of anilines is 2. The minimum atomic E-state index is -5.08. The Morgan fingerprint density at radius 1 is 1.17 bits per heavy atom. The van der Waals surface area contributed by atoms with Gasteiger partial charge < -0.3 is 21.1 Å². The topological polar surface area (TPSA) is 126 Å². The largest absolute Gasteiger partial charge is 0.490 e. The van der Waals surface area contributed by atoms with Gasteiger partial charge in [-0.25, -0.2) is 18.1 Å². The number of carbonyl (C=O) groups is 2. The van der Waals surface area contributed by atoms with Crippen LogP contribution in [0.1, 0.15) is 41.9 Å². The molecular weight excluding hydrogens is 493 g/mol. The molecule has 1 amide bonds. The maximum atomic E-state index is 13.1. The molecule has 4 rings (SSSR count). The van der Waals surface area contributed by atoms with Crippen molar-refractivity contribution in [1.82, 2.24) is 24.7 Å². The van der Waals surface area contributed by atoms with E-state index in [1.807, 2.05) is 12.1 Å². The van der Waals surface area contributed by atoms with Gasteiger partial charge in [-0.15, -0.1) is 5.10 Å². The van der Waals surface area contributed by atoms with E-state index >= 15 is 0 Å². The van der Waals surface area contributed by atoms with Crippen LogP contribution in [0, 0.1) is 0 Å². The summed E-state index contributed by atoms with van der Waals surface area (Å²) in [6, 6.07) is 7.38. The van der Waals surface area contributed by atoms with E-state index < -0.39 is 30.2 Å². The third-order valence-corrected chi connectivity index (χ3v) is 5.19. The van der Waals surface area contributed by atoms with E-state index in [0.29, 0.717) is 5.82 Å². The number of nitrogens with one attached hydrogen (secondary N) is 3. The fraction of sp³-hybridized carbons (Fsp3) is 0.429. The number of nitrogens with zero attached hydrogens (tertiary/aromatic N) is 4. The van der Waals surface area contributed by atoms with Crippen LogP contribution in [0.3, 0.4) is 0 Å². The van der Waals surface area contributed by atoms with Gasteiger partial charge in [-0.3, -0.25) is 9.48 Å². The monoisotopic (exact) mass is 517 g/mol. The van der Waals surface area contributed by atoms with Gasteiger partial charge in [-0.1, -0.05) is 6.42 Å². The summed E-state index contributed by atoms with van der Waals surface area (Å²) in [6.07, 6.45) is -3.17. The van der Waals surface area contributed by atoms with E-state index in [-0.39, 0.29) is 17.4 Å². The van der Waals surface area contributed by atoms with Gasteiger partial charge in [-0.2, -0.15) is 18.3 Å².